The van der Waals surface area contributed by atoms with E-state index in [4.69, 9.17) is 5.14 Å². The number of carbonyl (C=O) groups is 1. The number of carbonyl (C=O) groups excluding carboxylic acids is 1. The molecule has 3 rings (SSSR count). The number of primary sulfonamides is 1. The van der Waals surface area contributed by atoms with Crippen molar-refractivity contribution in [2.75, 3.05) is 6.54 Å². The van der Waals surface area contributed by atoms with E-state index in [0.717, 1.165) is 24.9 Å². The molecule has 1 amide bonds. The summed E-state index contributed by atoms with van der Waals surface area (Å²) in [5, 5.41) is 9.28. The number of sulfonamides is 1. The molecule has 0 radical (unpaired) electrons. The van der Waals surface area contributed by atoms with E-state index in [9.17, 15) is 13.2 Å². The summed E-state index contributed by atoms with van der Waals surface area (Å²) in [5.41, 5.74) is 0.775. The Bertz CT molecular complexity index is 800. The molecule has 128 valence electrons. The van der Waals surface area contributed by atoms with E-state index in [1.54, 1.807) is 18.3 Å². The second kappa shape index (κ2) is 6.74. The SMILES string of the molecule is NS(=O)(=O)c1ccc(CC(=O)N2CCCC2Cn2cccn2)cc1. The maximum Gasteiger partial charge on any atom is 0.238 e. The zero-order chi connectivity index (χ0) is 17.2. The molecule has 0 aliphatic carbocycles. The highest BCUT2D eigenvalue weighted by Gasteiger charge is 2.28. The highest BCUT2D eigenvalue weighted by Crippen LogP contribution is 2.20. The topological polar surface area (TPSA) is 98.3 Å². The number of likely N-dealkylation sites (tertiary alicyclic amines) is 1. The average Bonchev–Trinajstić information content (AvgIpc) is 3.19. The zero-order valence-corrected chi connectivity index (χ0v) is 14.0. The second-order valence-electron chi connectivity index (χ2n) is 5.98. The van der Waals surface area contributed by atoms with Gasteiger partial charge in [-0.2, -0.15) is 5.10 Å². The summed E-state index contributed by atoms with van der Waals surface area (Å²) in [5.74, 6) is 0.0491. The first-order chi connectivity index (χ1) is 11.4. The van der Waals surface area contributed by atoms with Crippen molar-refractivity contribution in [3.05, 3.63) is 48.3 Å². The highest BCUT2D eigenvalue weighted by atomic mass is 32.2. The molecule has 1 aromatic heterocycles. The van der Waals surface area contributed by atoms with Gasteiger partial charge in [-0.05, 0) is 36.6 Å². The van der Waals surface area contributed by atoms with Crippen molar-refractivity contribution in [2.24, 2.45) is 5.14 Å². The predicted octanol–water partition coefficient (Wildman–Crippen LogP) is 0.764. The summed E-state index contributed by atoms with van der Waals surface area (Å²) in [6, 6.07) is 8.16. The third kappa shape index (κ3) is 3.82. The number of nitrogens with zero attached hydrogens (tertiary/aromatic N) is 3. The van der Waals surface area contributed by atoms with Crippen LogP contribution in [0.5, 0.6) is 0 Å². The Hall–Kier alpha value is -2.19. The molecule has 1 aromatic carbocycles. The van der Waals surface area contributed by atoms with Gasteiger partial charge in [0.25, 0.3) is 0 Å². The van der Waals surface area contributed by atoms with Crippen molar-refractivity contribution >= 4 is 15.9 Å². The molecule has 7 nitrogen and oxygen atoms in total. The molecule has 1 atom stereocenters. The minimum Gasteiger partial charge on any atom is -0.338 e. The molecular weight excluding hydrogens is 328 g/mol. The third-order valence-electron chi connectivity index (χ3n) is 4.26. The van der Waals surface area contributed by atoms with Crippen LogP contribution in [0.3, 0.4) is 0 Å². The Labute approximate surface area is 141 Å². The van der Waals surface area contributed by atoms with E-state index in [-0.39, 0.29) is 23.3 Å². The Morgan fingerprint density at radius 1 is 1.29 bits per heavy atom. The number of hydrogen-bond donors (Lipinski definition) is 1. The van der Waals surface area contributed by atoms with Crippen LogP contribution < -0.4 is 5.14 Å². The zero-order valence-electron chi connectivity index (χ0n) is 13.2. The number of nitrogens with two attached hydrogens (primary N) is 1. The molecule has 2 N–H and O–H groups in total. The maximum atomic E-state index is 12.6. The lowest BCUT2D eigenvalue weighted by atomic mass is 10.1. The number of benzene rings is 1. The van der Waals surface area contributed by atoms with Gasteiger partial charge >= 0.3 is 0 Å². The van der Waals surface area contributed by atoms with Crippen molar-refractivity contribution in [3.63, 3.8) is 0 Å². The van der Waals surface area contributed by atoms with Gasteiger partial charge in [0.05, 0.1) is 23.9 Å². The van der Waals surface area contributed by atoms with Crippen molar-refractivity contribution in [1.29, 1.82) is 0 Å². The Balaban J connectivity index is 1.65. The molecule has 0 saturated carbocycles. The van der Waals surface area contributed by atoms with Gasteiger partial charge in [0.2, 0.25) is 15.9 Å². The van der Waals surface area contributed by atoms with Gasteiger partial charge < -0.3 is 4.90 Å². The molecule has 2 heterocycles. The fourth-order valence-electron chi connectivity index (χ4n) is 3.05. The van der Waals surface area contributed by atoms with Crippen LogP contribution in [-0.2, 0) is 27.8 Å². The molecular formula is C16H20N4O3S. The van der Waals surface area contributed by atoms with Gasteiger partial charge in [0.1, 0.15) is 0 Å². The normalized spacial score (nSPS) is 18.0. The van der Waals surface area contributed by atoms with Gasteiger partial charge in [-0.3, -0.25) is 9.48 Å². The van der Waals surface area contributed by atoms with Gasteiger partial charge in [-0.1, -0.05) is 12.1 Å². The van der Waals surface area contributed by atoms with Crippen LogP contribution in [0.2, 0.25) is 0 Å². The largest absolute Gasteiger partial charge is 0.338 e. The highest BCUT2D eigenvalue weighted by molar-refractivity contribution is 7.89. The van der Waals surface area contributed by atoms with Gasteiger partial charge in [0, 0.05) is 18.9 Å². The van der Waals surface area contributed by atoms with E-state index in [1.165, 1.54) is 12.1 Å². The van der Waals surface area contributed by atoms with Crippen LogP contribution >= 0.6 is 0 Å². The van der Waals surface area contributed by atoms with Crippen LogP contribution in [0.15, 0.2) is 47.6 Å². The lowest BCUT2D eigenvalue weighted by Gasteiger charge is -2.25. The van der Waals surface area contributed by atoms with Gasteiger partial charge in [0.15, 0.2) is 0 Å². The molecule has 1 saturated heterocycles. The Morgan fingerprint density at radius 3 is 2.67 bits per heavy atom. The summed E-state index contributed by atoms with van der Waals surface area (Å²) >= 11 is 0. The molecule has 1 aliphatic heterocycles. The first-order valence-corrected chi connectivity index (χ1v) is 9.37. The first kappa shape index (κ1) is 16.7. The molecule has 1 unspecified atom stereocenters. The number of hydrogen-bond acceptors (Lipinski definition) is 4. The van der Waals surface area contributed by atoms with Crippen molar-refractivity contribution in [3.8, 4) is 0 Å². The van der Waals surface area contributed by atoms with Crippen LogP contribution in [0.25, 0.3) is 0 Å². The van der Waals surface area contributed by atoms with E-state index in [1.807, 2.05) is 21.8 Å². The molecule has 1 aliphatic rings. The van der Waals surface area contributed by atoms with Crippen LogP contribution in [0, 0.1) is 0 Å². The quantitative estimate of drug-likeness (QED) is 0.862. The molecule has 24 heavy (non-hydrogen) atoms. The fraction of sp³-hybridized carbons (Fsp3) is 0.375. The number of rotatable bonds is 5. The van der Waals surface area contributed by atoms with Crippen LogP contribution in [-0.4, -0.2) is 41.6 Å². The lowest BCUT2D eigenvalue weighted by Crippen LogP contribution is -2.39. The van der Waals surface area contributed by atoms with Crippen molar-refractivity contribution < 1.29 is 13.2 Å². The minimum absolute atomic E-state index is 0.0491. The Morgan fingerprint density at radius 2 is 2.04 bits per heavy atom. The number of aromatic nitrogens is 2. The molecule has 1 fully saturated rings. The van der Waals surface area contributed by atoms with Crippen molar-refractivity contribution in [2.45, 2.75) is 36.7 Å². The van der Waals surface area contributed by atoms with Crippen LogP contribution in [0.1, 0.15) is 18.4 Å². The summed E-state index contributed by atoms with van der Waals surface area (Å²) < 4.78 is 24.4. The van der Waals surface area contributed by atoms with E-state index >= 15 is 0 Å². The molecule has 8 heteroatoms. The summed E-state index contributed by atoms with van der Waals surface area (Å²) in [6.45, 7) is 1.45. The first-order valence-electron chi connectivity index (χ1n) is 7.82. The summed E-state index contributed by atoms with van der Waals surface area (Å²) in [4.78, 5) is 14.5. The summed E-state index contributed by atoms with van der Waals surface area (Å²) in [6.07, 6.45) is 5.83. The standard InChI is InChI=1S/C16H20N4O3S/c17-24(22,23)15-6-4-13(5-7-15)11-16(21)20-10-1-3-14(20)12-19-9-2-8-18-19/h2,4-9,14H,1,3,10-12H2,(H2,17,22,23). The monoisotopic (exact) mass is 348 g/mol. The van der Waals surface area contributed by atoms with Gasteiger partial charge in [-0.15, -0.1) is 0 Å². The predicted molar refractivity (Wildman–Crippen MR) is 88.5 cm³/mol. The minimum atomic E-state index is -3.71. The summed E-state index contributed by atoms with van der Waals surface area (Å²) in [7, 11) is -3.71. The van der Waals surface area contributed by atoms with E-state index in [2.05, 4.69) is 5.10 Å². The van der Waals surface area contributed by atoms with E-state index in [0.29, 0.717) is 6.54 Å². The van der Waals surface area contributed by atoms with E-state index < -0.39 is 10.0 Å². The molecule has 0 spiro atoms. The third-order valence-corrected chi connectivity index (χ3v) is 5.19. The van der Waals surface area contributed by atoms with Crippen molar-refractivity contribution in [1.82, 2.24) is 14.7 Å². The molecule has 0 bridgehead atoms. The van der Waals surface area contributed by atoms with Gasteiger partial charge in [-0.25, -0.2) is 13.6 Å². The van der Waals surface area contributed by atoms with Crippen LogP contribution in [0.4, 0.5) is 0 Å². The Kier molecular flexibility index (Phi) is 4.68. The second-order valence-corrected chi connectivity index (χ2v) is 7.54. The fourth-order valence-corrected chi connectivity index (χ4v) is 3.57. The maximum absolute atomic E-state index is 12.6. The number of amides is 1. The lowest BCUT2D eigenvalue weighted by molar-refractivity contribution is -0.131. The smallest absolute Gasteiger partial charge is 0.238 e. The molecule has 2 aromatic rings. The average molecular weight is 348 g/mol.